The molecule has 1 aliphatic heterocycles. The monoisotopic (exact) mass is 271 g/mol. The van der Waals surface area contributed by atoms with Crippen LogP contribution in [0.15, 0.2) is 0 Å². The second-order valence-electron chi connectivity index (χ2n) is 5.66. The first-order valence-corrected chi connectivity index (χ1v) is 7.10. The predicted octanol–water partition coefficient (Wildman–Crippen LogP) is 1.81. The van der Waals surface area contributed by atoms with E-state index in [-0.39, 0.29) is 18.6 Å². The maximum Gasteiger partial charge on any atom is 0.308 e. The number of carboxylic acids is 1. The van der Waals surface area contributed by atoms with E-state index in [4.69, 9.17) is 9.84 Å². The molecule has 0 saturated carbocycles. The van der Waals surface area contributed by atoms with Crippen molar-refractivity contribution >= 4 is 11.9 Å². The van der Waals surface area contributed by atoms with Gasteiger partial charge < -0.3 is 15.2 Å². The molecule has 1 amide bonds. The van der Waals surface area contributed by atoms with Crippen LogP contribution in [0.4, 0.5) is 0 Å². The minimum Gasteiger partial charge on any atom is -0.481 e. The average Bonchev–Trinajstić information content (AvgIpc) is 2.35. The molecule has 2 unspecified atom stereocenters. The number of nitrogens with one attached hydrogen (secondary N) is 1. The minimum atomic E-state index is -0.845. The number of carboxylic acid groups (broad SMARTS) is 1. The summed E-state index contributed by atoms with van der Waals surface area (Å²) in [6.45, 7) is 4.89. The number of hydrogen-bond acceptors (Lipinski definition) is 3. The summed E-state index contributed by atoms with van der Waals surface area (Å²) in [5, 5.41) is 11.8. The molecule has 0 aromatic heterocycles. The molecule has 1 saturated heterocycles. The zero-order chi connectivity index (χ0) is 14.3. The Balaban J connectivity index is 2.28. The summed E-state index contributed by atoms with van der Waals surface area (Å²) in [4.78, 5) is 22.8. The van der Waals surface area contributed by atoms with Crippen molar-refractivity contribution < 1.29 is 19.4 Å². The average molecular weight is 271 g/mol. The Bertz CT molecular complexity index is 298. The van der Waals surface area contributed by atoms with Gasteiger partial charge in [-0.25, -0.2) is 0 Å². The van der Waals surface area contributed by atoms with Gasteiger partial charge in [0.15, 0.2) is 0 Å². The number of ether oxygens (including phenoxy) is 1. The van der Waals surface area contributed by atoms with E-state index in [0.717, 1.165) is 25.9 Å². The molecule has 1 rings (SSSR count). The van der Waals surface area contributed by atoms with Gasteiger partial charge in [-0.3, -0.25) is 9.59 Å². The van der Waals surface area contributed by atoms with Crippen LogP contribution in [0.1, 0.15) is 46.0 Å². The highest BCUT2D eigenvalue weighted by molar-refractivity contribution is 5.77. The molecule has 0 aliphatic carbocycles. The molecule has 5 nitrogen and oxygen atoms in total. The Morgan fingerprint density at radius 2 is 2.11 bits per heavy atom. The first-order chi connectivity index (χ1) is 8.99. The summed E-state index contributed by atoms with van der Waals surface area (Å²) in [7, 11) is 0. The van der Waals surface area contributed by atoms with Gasteiger partial charge in [-0.2, -0.15) is 0 Å². The van der Waals surface area contributed by atoms with Crippen LogP contribution in [-0.2, 0) is 14.3 Å². The Morgan fingerprint density at radius 1 is 1.37 bits per heavy atom. The molecule has 0 bridgehead atoms. The number of hydrogen-bond donors (Lipinski definition) is 2. The molecule has 0 aromatic rings. The Hall–Kier alpha value is -1.10. The van der Waals surface area contributed by atoms with Crippen molar-refractivity contribution in [1.82, 2.24) is 5.32 Å². The zero-order valence-corrected chi connectivity index (χ0v) is 11.9. The van der Waals surface area contributed by atoms with E-state index in [2.05, 4.69) is 5.32 Å². The van der Waals surface area contributed by atoms with Crippen molar-refractivity contribution in [2.75, 3.05) is 13.2 Å². The second-order valence-corrected chi connectivity index (χ2v) is 5.66. The molecule has 1 aliphatic rings. The van der Waals surface area contributed by atoms with Crippen LogP contribution in [0, 0.1) is 11.8 Å². The maximum atomic E-state index is 11.7. The summed E-state index contributed by atoms with van der Waals surface area (Å²) < 4.78 is 5.49. The fraction of sp³-hybridized carbons (Fsp3) is 0.857. The summed E-state index contributed by atoms with van der Waals surface area (Å²) in [5.74, 6) is -1.15. The Kier molecular flexibility index (Phi) is 6.84. The molecular weight excluding hydrogens is 246 g/mol. The first kappa shape index (κ1) is 16.0. The highest BCUT2D eigenvalue weighted by Gasteiger charge is 2.21. The third-order valence-electron chi connectivity index (χ3n) is 3.34. The van der Waals surface area contributed by atoms with Crippen LogP contribution in [-0.4, -0.2) is 36.2 Å². The molecule has 19 heavy (non-hydrogen) atoms. The van der Waals surface area contributed by atoms with Crippen molar-refractivity contribution in [3.63, 3.8) is 0 Å². The molecule has 110 valence electrons. The minimum absolute atomic E-state index is 0.00197. The molecule has 2 N–H and O–H groups in total. The lowest BCUT2D eigenvalue weighted by atomic mass is 9.97. The van der Waals surface area contributed by atoms with Crippen LogP contribution in [0.5, 0.6) is 0 Å². The number of carbonyl (C=O) groups is 2. The quantitative estimate of drug-likeness (QED) is 0.740. The number of rotatable bonds is 7. The molecule has 0 radical (unpaired) electrons. The summed E-state index contributed by atoms with van der Waals surface area (Å²) >= 11 is 0. The topological polar surface area (TPSA) is 75.6 Å². The van der Waals surface area contributed by atoms with Crippen molar-refractivity contribution in [3.05, 3.63) is 0 Å². The highest BCUT2D eigenvalue weighted by Crippen LogP contribution is 2.16. The van der Waals surface area contributed by atoms with Gasteiger partial charge in [-0.15, -0.1) is 0 Å². The maximum absolute atomic E-state index is 11.7. The van der Waals surface area contributed by atoms with E-state index in [1.807, 2.05) is 13.8 Å². The molecule has 0 spiro atoms. The van der Waals surface area contributed by atoms with Gasteiger partial charge in [0.1, 0.15) is 0 Å². The van der Waals surface area contributed by atoms with Gasteiger partial charge >= 0.3 is 5.97 Å². The Morgan fingerprint density at radius 3 is 2.63 bits per heavy atom. The molecular formula is C14H25NO4. The molecule has 2 atom stereocenters. The zero-order valence-electron chi connectivity index (χ0n) is 11.9. The van der Waals surface area contributed by atoms with Crippen LogP contribution < -0.4 is 5.32 Å². The van der Waals surface area contributed by atoms with E-state index >= 15 is 0 Å². The summed E-state index contributed by atoms with van der Waals surface area (Å²) in [6, 6.07) is 0. The van der Waals surface area contributed by atoms with E-state index < -0.39 is 11.9 Å². The van der Waals surface area contributed by atoms with Crippen LogP contribution >= 0.6 is 0 Å². The summed E-state index contributed by atoms with van der Waals surface area (Å²) in [6.07, 6.45) is 4.00. The molecule has 1 heterocycles. The van der Waals surface area contributed by atoms with Gasteiger partial charge in [0.25, 0.3) is 0 Å². The third-order valence-corrected chi connectivity index (χ3v) is 3.34. The van der Waals surface area contributed by atoms with Crippen molar-refractivity contribution in [1.29, 1.82) is 0 Å². The van der Waals surface area contributed by atoms with Crippen molar-refractivity contribution in [3.8, 4) is 0 Å². The smallest absolute Gasteiger partial charge is 0.308 e. The van der Waals surface area contributed by atoms with E-state index in [9.17, 15) is 9.59 Å². The standard InChI is InChI=1S/C14H25NO4/c1-10(2)7-11(14(17)18)9-15-13(16)8-12-5-3-4-6-19-12/h10-12H,3-9H2,1-2H3,(H,15,16)(H,17,18). The number of amides is 1. The van der Waals surface area contributed by atoms with E-state index in [1.165, 1.54) is 0 Å². The fourth-order valence-electron chi connectivity index (χ4n) is 2.32. The van der Waals surface area contributed by atoms with E-state index in [1.54, 1.807) is 0 Å². The molecule has 5 heteroatoms. The lowest BCUT2D eigenvalue weighted by Gasteiger charge is -2.22. The van der Waals surface area contributed by atoms with Gasteiger partial charge in [-0.1, -0.05) is 13.8 Å². The number of carbonyl (C=O) groups excluding carboxylic acids is 1. The van der Waals surface area contributed by atoms with Gasteiger partial charge in [-0.05, 0) is 31.6 Å². The van der Waals surface area contributed by atoms with Gasteiger partial charge in [0.05, 0.1) is 18.4 Å². The lowest BCUT2D eigenvalue weighted by molar-refractivity contribution is -0.142. The SMILES string of the molecule is CC(C)CC(CNC(=O)CC1CCCCO1)C(=O)O. The van der Waals surface area contributed by atoms with Gasteiger partial charge in [0.2, 0.25) is 5.91 Å². The van der Waals surface area contributed by atoms with Crippen molar-refractivity contribution in [2.24, 2.45) is 11.8 Å². The van der Waals surface area contributed by atoms with Gasteiger partial charge in [0, 0.05) is 13.2 Å². The van der Waals surface area contributed by atoms with Crippen LogP contribution in [0.25, 0.3) is 0 Å². The predicted molar refractivity (Wildman–Crippen MR) is 71.8 cm³/mol. The lowest BCUT2D eigenvalue weighted by Crippen LogP contribution is -2.36. The molecule has 1 fully saturated rings. The van der Waals surface area contributed by atoms with Crippen molar-refractivity contribution in [2.45, 2.75) is 52.1 Å². The van der Waals surface area contributed by atoms with E-state index in [0.29, 0.717) is 18.8 Å². The Labute approximate surface area is 114 Å². The van der Waals surface area contributed by atoms with Crippen LogP contribution in [0.2, 0.25) is 0 Å². The summed E-state index contributed by atoms with van der Waals surface area (Å²) in [5.41, 5.74) is 0. The first-order valence-electron chi connectivity index (χ1n) is 7.10. The van der Waals surface area contributed by atoms with Crippen LogP contribution in [0.3, 0.4) is 0 Å². The second kappa shape index (κ2) is 8.15. The largest absolute Gasteiger partial charge is 0.481 e. The number of aliphatic carboxylic acids is 1. The third kappa shape index (κ3) is 6.57. The molecule has 0 aromatic carbocycles. The normalized spacial score (nSPS) is 21.1. The highest BCUT2D eigenvalue weighted by atomic mass is 16.5. The fourth-order valence-corrected chi connectivity index (χ4v) is 2.32.